The third-order valence-electron chi connectivity index (χ3n) is 4.11. The summed E-state index contributed by atoms with van der Waals surface area (Å²) in [4.78, 5) is 15.5. The van der Waals surface area contributed by atoms with Gasteiger partial charge in [-0.2, -0.15) is 0 Å². The van der Waals surface area contributed by atoms with E-state index in [0.717, 1.165) is 19.0 Å². The molecule has 0 amide bonds. The minimum atomic E-state index is -0.907. The van der Waals surface area contributed by atoms with Crippen molar-refractivity contribution < 1.29 is 9.90 Å². The number of carbonyl (C=O) groups is 1. The maximum absolute atomic E-state index is 10.7. The number of piperidine rings is 1. The van der Waals surface area contributed by atoms with Gasteiger partial charge in [0.15, 0.2) is 0 Å². The average molecular weight is 275 g/mol. The molecule has 1 N–H and O–H groups in total. The van der Waals surface area contributed by atoms with Crippen molar-refractivity contribution in [1.29, 1.82) is 0 Å². The van der Waals surface area contributed by atoms with Crippen LogP contribution in [0.15, 0.2) is 0 Å². The van der Waals surface area contributed by atoms with Gasteiger partial charge in [-0.15, -0.1) is 11.6 Å². The molecular weight excluding hydrogens is 252 g/mol. The molecular formula is C13H23ClN2O2. The molecule has 2 heterocycles. The number of halogens is 1. The van der Waals surface area contributed by atoms with Gasteiger partial charge in [0, 0.05) is 13.1 Å². The highest BCUT2D eigenvalue weighted by molar-refractivity contribution is 6.29. The van der Waals surface area contributed by atoms with Crippen molar-refractivity contribution in [3.63, 3.8) is 0 Å². The molecule has 0 aromatic rings. The van der Waals surface area contributed by atoms with E-state index in [4.69, 9.17) is 16.7 Å². The van der Waals surface area contributed by atoms with Crippen LogP contribution in [0.2, 0.25) is 0 Å². The van der Waals surface area contributed by atoms with E-state index in [0.29, 0.717) is 6.54 Å². The Morgan fingerprint density at radius 1 is 1.17 bits per heavy atom. The van der Waals surface area contributed by atoms with E-state index in [1.165, 1.54) is 45.3 Å². The van der Waals surface area contributed by atoms with Crippen molar-refractivity contribution in [2.45, 2.75) is 31.1 Å². The number of rotatable bonds is 5. The minimum absolute atomic E-state index is 0.479. The van der Waals surface area contributed by atoms with Crippen molar-refractivity contribution in [2.75, 3.05) is 39.3 Å². The minimum Gasteiger partial charge on any atom is -0.480 e. The maximum atomic E-state index is 10.7. The van der Waals surface area contributed by atoms with Crippen LogP contribution in [0.25, 0.3) is 0 Å². The second kappa shape index (κ2) is 6.73. The van der Waals surface area contributed by atoms with Gasteiger partial charge in [-0.3, -0.25) is 4.79 Å². The molecule has 2 rings (SSSR count). The summed E-state index contributed by atoms with van der Waals surface area (Å²) in [6, 6.07) is 0. The summed E-state index contributed by atoms with van der Waals surface area (Å²) < 4.78 is 0. The van der Waals surface area contributed by atoms with Gasteiger partial charge < -0.3 is 14.9 Å². The maximum Gasteiger partial charge on any atom is 0.322 e. The zero-order chi connectivity index (χ0) is 13.0. The Morgan fingerprint density at radius 2 is 1.78 bits per heavy atom. The van der Waals surface area contributed by atoms with Crippen LogP contribution in [0.5, 0.6) is 0 Å². The molecule has 0 saturated carbocycles. The monoisotopic (exact) mass is 274 g/mol. The molecule has 1 unspecified atom stereocenters. The lowest BCUT2D eigenvalue weighted by Crippen LogP contribution is -2.41. The van der Waals surface area contributed by atoms with Gasteiger partial charge >= 0.3 is 5.97 Å². The number of carboxylic acids is 1. The zero-order valence-corrected chi connectivity index (χ0v) is 11.6. The topological polar surface area (TPSA) is 43.8 Å². The van der Waals surface area contributed by atoms with Crippen molar-refractivity contribution in [3.05, 3.63) is 0 Å². The van der Waals surface area contributed by atoms with Crippen molar-refractivity contribution in [1.82, 2.24) is 9.80 Å². The lowest BCUT2D eigenvalue weighted by molar-refractivity contribution is -0.137. The van der Waals surface area contributed by atoms with Gasteiger partial charge in [-0.25, -0.2) is 0 Å². The van der Waals surface area contributed by atoms with Crippen LogP contribution in [0.4, 0.5) is 0 Å². The van der Waals surface area contributed by atoms with E-state index >= 15 is 0 Å². The fraction of sp³-hybridized carbons (Fsp3) is 0.923. The predicted octanol–water partition coefficient (Wildman–Crippen LogP) is 1.49. The predicted molar refractivity (Wildman–Crippen MR) is 72.1 cm³/mol. The zero-order valence-electron chi connectivity index (χ0n) is 10.9. The molecule has 0 bridgehead atoms. The molecule has 2 fully saturated rings. The van der Waals surface area contributed by atoms with E-state index in [2.05, 4.69) is 9.80 Å². The van der Waals surface area contributed by atoms with E-state index < -0.39 is 11.3 Å². The largest absolute Gasteiger partial charge is 0.480 e. The van der Waals surface area contributed by atoms with Gasteiger partial charge in [-0.1, -0.05) is 0 Å². The lowest BCUT2D eigenvalue weighted by atomic mass is 9.96. The number of nitrogens with zero attached hydrogens (tertiary/aromatic N) is 2. The van der Waals surface area contributed by atoms with Gasteiger partial charge in [0.2, 0.25) is 0 Å². The van der Waals surface area contributed by atoms with E-state index in [9.17, 15) is 4.79 Å². The number of aliphatic carboxylic acids is 1. The lowest BCUT2D eigenvalue weighted by Gasteiger charge is -2.34. The third kappa shape index (κ3) is 4.11. The molecule has 0 aromatic heterocycles. The summed E-state index contributed by atoms with van der Waals surface area (Å²) in [5, 5.41) is 8.03. The highest BCUT2D eigenvalue weighted by Gasteiger charge is 2.25. The second-order valence-electron chi connectivity index (χ2n) is 5.56. The highest BCUT2D eigenvalue weighted by Crippen LogP contribution is 2.21. The molecule has 0 aliphatic carbocycles. The summed E-state index contributed by atoms with van der Waals surface area (Å²) >= 11 is 5.77. The Hall–Kier alpha value is -0.320. The van der Waals surface area contributed by atoms with Crippen LogP contribution in [-0.4, -0.2) is 65.5 Å². The van der Waals surface area contributed by atoms with Gasteiger partial charge in [0.1, 0.15) is 5.38 Å². The van der Waals surface area contributed by atoms with Crippen molar-refractivity contribution in [3.8, 4) is 0 Å². The standard InChI is InChI=1S/C13H23ClN2O2/c14-12(13(17)18)10-16-7-3-11(4-8-16)9-15-5-1-2-6-15/h11-12H,1-10H2,(H,17,18). The van der Waals surface area contributed by atoms with E-state index in [1.54, 1.807) is 0 Å². The smallest absolute Gasteiger partial charge is 0.322 e. The van der Waals surface area contributed by atoms with Gasteiger partial charge in [0.25, 0.3) is 0 Å². The molecule has 2 aliphatic heterocycles. The van der Waals surface area contributed by atoms with Crippen LogP contribution >= 0.6 is 11.6 Å². The number of hydrogen-bond acceptors (Lipinski definition) is 3. The molecule has 2 aliphatic rings. The Kier molecular flexibility index (Phi) is 5.27. The number of carboxylic acid groups (broad SMARTS) is 1. The highest BCUT2D eigenvalue weighted by atomic mass is 35.5. The fourth-order valence-corrected chi connectivity index (χ4v) is 3.18. The average Bonchev–Trinajstić information content (AvgIpc) is 2.84. The molecule has 5 heteroatoms. The summed E-state index contributed by atoms with van der Waals surface area (Å²) in [5.74, 6) is -0.117. The molecule has 18 heavy (non-hydrogen) atoms. The fourth-order valence-electron chi connectivity index (χ4n) is 2.99. The van der Waals surface area contributed by atoms with Crippen LogP contribution in [0.3, 0.4) is 0 Å². The normalized spacial score (nSPS) is 25.4. The molecule has 1 atom stereocenters. The second-order valence-corrected chi connectivity index (χ2v) is 6.08. The molecule has 0 aromatic carbocycles. The first-order chi connectivity index (χ1) is 8.65. The van der Waals surface area contributed by atoms with E-state index in [-0.39, 0.29) is 0 Å². The van der Waals surface area contributed by atoms with Crippen molar-refractivity contribution >= 4 is 17.6 Å². The van der Waals surface area contributed by atoms with Crippen LogP contribution in [0, 0.1) is 5.92 Å². The summed E-state index contributed by atoms with van der Waals surface area (Å²) in [5.41, 5.74) is 0. The summed E-state index contributed by atoms with van der Waals surface area (Å²) in [7, 11) is 0. The van der Waals surface area contributed by atoms with Crippen LogP contribution < -0.4 is 0 Å². The Bertz CT molecular complexity index is 274. The van der Waals surface area contributed by atoms with Crippen LogP contribution in [0.1, 0.15) is 25.7 Å². The Labute approximate surface area is 114 Å². The van der Waals surface area contributed by atoms with Crippen LogP contribution in [-0.2, 0) is 4.79 Å². The number of hydrogen-bond donors (Lipinski definition) is 1. The summed E-state index contributed by atoms with van der Waals surface area (Å²) in [6.45, 7) is 6.24. The Balaban J connectivity index is 1.66. The van der Waals surface area contributed by atoms with Gasteiger partial charge in [0.05, 0.1) is 0 Å². The SMILES string of the molecule is O=C(O)C(Cl)CN1CCC(CN2CCCC2)CC1. The van der Waals surface area contributed by atoms with Gasteiger partial charge in [-0.05, 0) is 57.8 Å². The first-order valence-corrected chi connectivity index (χ1v) is 7.40. The molecule has 0 radical (unpaired) electrons. The summed E-state index contributed by atoms with van der Waals surface area (Å²) in [6.07, 6.45) is 5.07. The number of alkyl halides is 1. The van der Waals surface area contributed by atoms with Crippen molar-refractivity contribution in [2.24, 2.45) is 5.92 Å². The molecule has 2 saturated heterocycles. The third-order valence-corrected chi connectivity index (χ3v) is 4.43. The number of likely N-dealkylation sites (tertiary alicyclic amines) is 2. The van der Waals surface area contributed by atoms with E-state index in [1.807, 2.05) is 0 Å². The quantitative estimate of drug-likeness (QED) is 0.772. The molecule has 4 nitrogen and oxygen atoms in total. The molecule has 104 valence electrons. The molecule has 0 spiro atoms. The Morgan fingerprint density at radius 3 is 2.33 bits per heavy atom. The first-order valence-electron chi connectivity index (χ1n) is 6.96. The first kappa shape index (κ1) is 14.1.